The van der Waals surface area contributed by atoms with E-state index in [9.17, 15) is 9.59 Å². The summed E-state index contributed by atoms with van der Waals surface area (Å²) in [7, 11) is -0.634. The summed E-state index contributed by atoms with van der Waals surface area (Å²) in [5.74, 6) is -0.842. The Morgan fingerprint density at radius 2 is 1.71 bits per heavy atom. The Morgan fingerprint density at radius 1 is 1.21 bits per heavy atom. The van der Waals surface area contributed by atoms with Gasteiger partial charge in [0, 0.05) is 6.08 Å². The Bertz CT molecular complexity index is 262. The second-order valence-corrected chi connectivity index (χ2v) is 8.25. The highest BCUT2D eigenvalue weighted by Gasteiger charge is 2.22. The van der Waals surface area contributed by atoms with Crippen LogP contribution < -0.4 is 0 Å². The quantitative estimate of drug-likeness (QED) is 0.309. The molecule has 0 rings (SSSR count). The second-order valence-electron chi connectivity index (χ2n) is 3.83. The summed E-state index contributed by atoms with van der Waals surface area (Å²) in [6.07, 6.45) is 1.16. The molecule has 0 aliphatic rings. The molecule has 0 radical (unpaired) electrons. The summed E-state index contributed by atoms with van der Waals surface area (Å²) in [6.45, 7) is 7.12. The van der Waals surface area contributed by atoms with Crippen molar-refractivity contribution in [2.75, 3.05) is 7.11 Å². The third kappa shape index (κ3) is 5.53. The molecule has 0 N–H and O–H groups in total. The first-order valence-electron chi connectivity index (χ1n) is 4.26. The molecule has 14 heavy (non-hydrogen) atoms. The Hall–Kier alpha value is -1.10. The van der Waals surface area contributed by atoms with Gasteiger partial charge in [-0.15, -0.1) is 0 Å². The zero-order chi connectivity index (χ0) is 11.4. The van der Waals surface area contributed by atoms with E-state index in [-0.39, 0.29) is 11.5 Å². The highest BCUT2D eigenvalue weighted by atomic mass is 28.4. The molecule has 0 amide bonds. The average Bonchev–Trinajstić information content (AvgIpc) is 1.98. The van der Waals surface area contributed by atoms with Gasteiger partial charge in [0.2, 0.25) is 8.32 Å². The Balaban J connectivity index is 4.75. The van der Waals surface area contributed by atoms with Gasteiger partial charge in [-0.25, -0.2) is 4.79 Å². The molecule has 0 bridgehead atoms. The first kappa shape index (κ1) is 12.9. The van der Waals surface area contributed by atoms with Crippen molar-refractivity contribution in [1.82, 2.24) is 0 Å². The summed E-state index contributed by atoms with van der Waals surface area (Å²) in [5.41, 5.74) is 0. The number of esters is 1. The van der Waals surface area contributed by atoms with Crippen molar-refractivity contribution in [2.45, 2.75) is 26.6 Å². The Morgan fingerprint density at radius 3 is 2.00 bits per heavy atom. The molecule has 80 valence electrons. The number of allylic oxidation sites excluding steroid dienone is 1. The molecular weight excluding hydrogens is 200 g/mol. The lowest BCUT2D eigenvalue weighted by molar-refractivity contribution is -0.139. The summed E-state index contributed by atoms with van der Waals surface area (Å²) in [5, 5.41) is 0. The van der Waals surface area contributed by atoms with Crippen LogP contribution in [0.25, 0.3) is 0 Å². The van der Waals surface area contributed by atoms with Gasteiger partial charge in [0.05, 0.1) is 7.11 Å². The molecule has 0 spiro atoms. The molecule has 0 fully saturated rings. The summed E-state index contributed by atoms with van der Waals surface area (Å²) in [4.78, 5) is 22.0. The number of hydrogen-bond acceptors (Lipinski definition) is 4. The van der Waals surface area contributed by atoms with E-state index in [4.69, 9.17) is 4.43 Å². The van der Waals surface area contributed by atoms with Gasteiger partial charge in [-0.05, 0) is 26.6 Å². The summed E-state index contributed by atoms with van der Waals surface area (Å²) < 4.78 is 9.90. The third-order valence-electron chi connectivity index (χ3n) is 1.14. The average molecular weight is 216 g/mol. The molecular formula is C9H16O4Si. The molecule has 0 aromatic carbocycles. The number of methoxy groups -OCH3 is 1. The second kappa shape index (κ2) is 4.95. The normalized spacial score (nSPS) is 12.2. The fourth-order valence-corrected chi connectivity index (χ4v) is 1.55. The molecule has 5 heteroatoms. The highest BCUT2D eigenvalue weighted by Crippen LogP contribution is 2.11. The fraction of sp³-hybridized carbons (Fsp3) is 0.556. The predicted octanol–water partition coefficient (Wildman–Crippen LogP) is 1.48. The van der Waals surface area contributed by atoms with Crippen molar-refractivity contribution in [3.8, 4) is 0 Å². The van der Waals surface area contributed by atoms with Gasteiger partial charge in [0.15, 0.2) is 11.5 Å². The van der Waals surface area contributed by atoms with Crippen molar-refractivity contribution < 1.29 is 18.8 Å². The zero-order valence-electron chi connectivity index (χ0n) is 9.21. The number of hydrogen-bond donors (Lipinski definition) is 0. The summed E-state index contributed by atoms with van der Waals surface area (Å²) in [6, 6.07) is 0. The van der Waals surface area contributed by atoms with Gasteiger partial charge in [-0.2, -0.15) is 0 Å². The molecule has 0 aliphatic carbocycles. The minimum absolute atomic E-state index is 0.000772. The largest absolute Gasteiger partial charge is 0.539 e. The van der Waals surface area contributed by atoms with Crippen molar-refractivity contribution in [3.05, 3.63) is 11.8 Å². The van der Waals surface area contributed by atoms with E-state index in [0.29, 0.717) is 0 Å². The van der Waals surface area contributed by atoms with E-state index in [1.807, 2.05) is 19.6 Å². The van der Waals surface area contributed by atoms with Crippen LogP contribution in [0.5, 0.6) is 0 Å². The van der Waals surface area contributed by atoms with Crippen LogP contribution in [0.15, 0.2) is 11.8 Å². The van der Waals surface area contributed by atoms with E-state index in [1.54, 1.807) is 0 Å². The van der Waals surface area contributed by atoms with E-state index in [2.05, 4.69) is 4.74 Å². The number of carbonyl (C=O) groups excluding carboxylic acids is 2. The van der Waals surface area contributed by atoms with Gasteiger partial charge in [-0.3, -0.25) is 4.79 Å². The molecule has 0 saturated heterocycles. The van der Waals surface area contributed by atoms with Gasteiger partial charge < -0.3 is 9.16 Å². The molecule has 0 aromatic rings. The van der Waals surface area contributed by atoms with Crippen LogP contribution in [0.1, 0.15) is 6.92 Å². The fourth-order valence-electron chi connectivity index (χ4n) is 0.745. The zero-order valence-corrected chi connectivity index (χ0v) is 10.2. The first-order chi connectivity index (χ1) is 6.26. The molecule has 0 heterocycles. The van der Waals surface area contributed by atoms with E-state index in [1.165, 1.54) is 14.0 Å². The molecule has 0 unspecified atom stereocenters. The lowest BCUT2D eigenvalue weighted by Gasteiger charge is -2.19. The van der Waals surface area contributed by atoms with Crippen LogP contribution in [0.4, 0.5) is 0 Å². The molecule has 0 saturated carbocycles. The Kier molecular flexibility index (Phi) is 4.56. The third-order valence-corrected chi connectivity index (χ3v) is 1.97. The van der Waals surface area contributed by atoms with Gasteiger partial charge in [-0.1, -0.05) is 0 Å². The lowest BCUT2D eigenvalue weighted by atomic mass is 10.3. The maximum absolute atomic E-state index is 11.2. The topological polar surface area (TPSA) is 52.6 Å². The van der Waals surface area contributed by atoms with Crippen molar-refractivity contribution in [2.24, 2.45) is 0 Å². The monoisotopic (exact) mass is 216 g/mol. The first-order valence-corrected chi connectivity index (χ1v) is 7.66. The van der Waals surface area contributed by atoms with Gasteiger partial charge >= 0.3 is 5.97 Å². The number of ketones is 1. The minimum Gasteiger partial charge on any atom is -0.539 e. The van der Waals surface area contributed by atoms with Gasteiger partial charge in [0.25, 0.3) is 0 Å². The van der Waals surface area contributed by atoms with Crippen LogP contribution >= 0.6 is 0 Å². The van der Waals surface area contributed by atoms with E-state index < -0.39 is 14.3 Å². The summed E-state index contributed by atoms with van der Waals surface area (Å²) >= 11 is 0. The molecule has 4 nitrogen and oxygen atoms in total. The van der Waals surface area contributed by atoms with Crippen LogP contribution in [0, 0.1) is 0 Å². The predicted molar refractivity (Wildman–Crippen MR) is 55.2 cm³/mol. The van der Waals surface area contributed by atoms with Crippen LogP contribution in [0.3, 0.4) is 0 Å². The SMILES string of the molecule is COC(=O)C(=CC(C)=O)O[Si](C)(C)C. The highest BCUT2D eigenvalue weighted by molar-refractivity contribution is 6.70. The molecule has 0 aliphatic heterocycles. The smallest absolute Gasteiger partial charge is 0.372 e. The van der Waals surface area contributed by atoms with Crippen LogP contribution in [-0.2, 0) is 18.8 Å². The van der Waals surface area contributed by atoms with Crippen LogP contribution in [0.2, 0.25) is 19.6 Å². The van der Waals surface area contributed by atoms with E-state index in [0.717, 1.165) is 6.08 Å². The van der Waals surface area contributed by atoms with Crippen molar-refractivity contribution in [1.29, 1.82) is 0 Å². The molecule has 0 atom stereocenters. The lowest BCUT2D eigenvalue weighted by Crippen LogP contribution is -2.28. The standard InChI is InChI=1S/C9H16O4Si/c1-7(10)6-8(9(11)12-2)13-14(3,4)5/h6H,1-5H3. The van der Waals surface area contributed by atoms with Gasteiger partial charge in [0.1, 0.15) is 0 Å². The number of ether oxygens (including phenoxy) is 1. The van der Waals surface area contributed by atoms with Crippen molar-refractivity contribution in [3.63, 3.8) is 0 Å². The Labute approximate surface area is 85.0 Å². The molecule has 0 aromatic heterocycles. The minimum atomic E-state index is -1.89. The number of rotatable bonds is 4. The van der Waals surface area contributed by atoms with Crippen molar-refractivity contribution >= 4 is 20.1 Å². The van der Waals surface area contributed by atoms with Crippen LogP contribution in [-0.4, -0.2) is 27.2 Å². The van der Waals surface area contributed by atoms with E-state index >= 15 is 0 Å². The maximum Gasteiger partial charge on any atom is 0.372 e. The number of carbonyl (C=O) groups is 2. The maximum atomic E-state index is 11.2.